The number of H-pyrrole nitrogens is 1. The van der Waals surface area contributed by atoms with Crippen LogP contribution in [-0.4, -0.2) is 167 Å². The van der Waals surface area contributed by atoms with Crippen LogP contribution in [-0.2, 0) is 69.8 Å². The number of para-hydroxylation sites is 1. The molecule has 6 aromatic rings. The number of nitrogens with two attached hydrogens (primary N) is 2. The van der Waals surface area contributed by atoms with Crippen molar-refractivity contribution in [3.8, 4) is 0 Å². The summed E-state index contributed by atoms with van der Waals surface area (Å²) in [6.07, 6.45) is 8.23. The highest BCUT2D eigenvalue weighted by molar-refractivity contribution is 7.98. The van der Waals surface area contributed by atoms with Gasteiger partial charge in [-0.25, -0.2) is 0 Å². The van der Waals surface area contributed by atoms with Gasteiger partial charge in [-0.15, -0.1) is 0 Å². The SMILES string of the molecule is NCCCC[C@H]1CN(C(=O)Cc2ccccc2)CC(=O)N[C@@H](Cc2ccccc2)CN(CC(N)=O)C(=O)CCSCc2ccc(cc2)C(=O)N[C@@H](Cc2ccccc2)CN(C(=O)CC2CC2)CC(=O)N[C@@H](Cc2c[nH]c3ccccc23)CN(C(=O)CC2CC2)CC(=O)N1. The summed E-state index contributed by atoms with van der Waals surface area (Å²) in [6.45, 7) is -1.41. The Morgan fingerprint density at radius 1 is 0.527 bits per heavy atom. The Balaban J connectivity index is 1.05. The lowest BCUT2D eigenvalue weighted by atomic mass is 10.0. The summed E-state index contributed by atoms with van der Waals surface area (Å²) in [5, 5.41) is 13.6. The highest BCUT2D eigenvalue weighted by atomic mass is 32.2. The molecule has 10 rings (SSSR count). The minimum Gasteiger partial charge on any atom is -0.368 e. The lowest BCUT2D eigenvalue weighted by Crippen LogP contribution is -2.55. The highest BCUT2D eigenvalue weighted by Gasteiger charge is 2.34. The van der Waals surface area contributed by atoms with Crippen LogP contribution in [0.2, 0.25) is 0 Å². The number of hydrogen-bond acceptors (Lipinski definition) is 11. The smallest absolute Gasteiger partial charge is 0.251 e. The Bertz CT molecular complexity index is 3480. The number of nitrogens with zero attached hydrogens (tertiary/aromatic N) is 4. The Morgan fingerprint density at radius 3 is 1.57 bits per heavy atom. The van der Waals surface area contributed by atoms with Crippen molar-refractivity contribution in [3.05, 3.63) is 179 Å². The van der Waals surface area contributed by atoms with Gasteiger partial charge in [0.2, 0.25) is 47.3 Å². The number of fused-ring (bicyclic) bond motifs is 30. The molecule has 93 heavy (non-hydrogen) atoms. The van der Waals surface area contributed by atoms with Gasteiger partial charge >= 0.3 is 0 Å². The van der Waals surface area contributed by atoms with Crippen LogP contribution in [0.5, 0.6) is 0 Å². The topological polar surface area (TPSA) is 283 Å². The van der Waals surface area contributed by atoms with E-state index in [0.717, 1.165) is 58.8 Å². The molecule has 0 unspecified atom stereocenters. The molecular weight excluding hydrogens is 1190 g/mol. The lowest BCUT2D eigenvalue weighted by Gasteiger charge is -2.32. The zero-order valence-electron chi connectivity index (χ0n) is 53.0. The number of thioether (sulfide) groups is 1. The van der Waals surface area contributed by atoms with Crippen LogP contribution in [0.3, 0.4) is 0 Å². The van der Waals surface area contributed by atoms with E-state index < -0.39 is 67.4 Å². The standard InChI is InChI=1S/C72H89N11O9S/c73-32-13-12-20-58-41-81(69(89)36-52-18-8-3-9-19-52)47-66(86)77-59(34-50-14-4-1-5-15-50)42-80(45-64(74)84)68(88)31-33-93-49-55-27-29-56(30-28-55)72(92)79-60(35-51-16-6-2-7-17-51)43-82(70(90)37-53-23-24-53)48-67(87)78-61(39-57-40-75-63-22-11-10-21-62(57)63)44-83(46-65(85)76-58)71(91)38-54-25-26-54/h1-11,14-19,21-22,27-30,40,53-54,58-61,75H,12-13,20,23-26,31-39,41-49,73H2,(H2,74,84)(H,76,85)(H,77,86)(H,78,87)(H,79,92)/t58-,59-,60-,61-/m0/s1. The Kier molecular flexibility index (Phi) is 25.6. The minimum absolute atomic E-state index is 0.0172. The highest BCUT2D eigenvalue weighted by Crippen LogP contribution is 2.34. The van der Waals surface area contributed by atoms with Crippen molar-refractivity contribution in [3.63, 3.8) is 0 Å². The molecule has 2 saturated carbocycles. The summed E-state index contributed by atoms with van der Waals surface area (Å²) >= 11 is 1.50. The van der Waals surface area contributed by atoms with Gasteiger partial charge in [0.1, 0.15) is 0 Å². The van der Waals surface area contributed by atoms with E-state index in [1.807, 2.05) is 134 Å². The Morgan fingerprint density at radius 2 is 1.02 bits per heavy atom. The quantitative estimate of drug-likeness (QED) is 0.0396. The Labute approximate surface area is 549 Å². The molecule has 0 saturated heterocycles. The van der Waals surface area contributed by atoms with E-state index in [9.17, 15) is 43.2 Å². The largest absolute Gasteiger partial charge is 0.368 e. The first-order valence-electron chi connectivity index (χ1n) is 32.7. The van der Waals surface area contributed by atoms with Gasteiger partial charge in [-0.3, -0.25) is 43.2 Å². The average Bonchev–Trinajstić information content (AvgIpc) is 1.88. The number of nitrogens with one attached hydrogen (secondary N) is 5. The van der Waals surface area contributed by atoms with Crippen molar-refractivity contribution in [2.75, 3.05) is 64.7 Å². The third-order valence-corrected chi connectivity index (χ3v) is 18.2. The zero-order valence-corrected chi connectivity index (χ0v) is 53.8. The number of carbonyl (C=O) groups excluding carboxylic acids is 9. The first-order valence-corrected chi connectivity index (χ1v) is 33.9. The van der Waals surface area contributed by atoms with Crippen LogP contribution in [0.1, 0.15) is 102 Å². The number of benzene rings is 5. The molecule has 9 N–H and O–H groups in total. The fourth-order valence-corrected chi connectivity index (χ4v) is 12.9. The molecule has 9 amide bonds. The number of amides is 9. The van der Waals surface area contributed by atoms with Gasteiger partial charge < -0.3 is 57.3 Å². The van der Waals surface area contributed by atoms with Crippen molar-refractivity contribution < 1.29 is 43.2 Å². The summed E-state index contributed by atoms with van der Waals surface area (Å²) in [7, 11) is 0. The molecule has 2 aliphatic heterocycles. The first kappa shape index (κ1) is 68.5. The van der Waals surface area contributed by atoms with Crippen molar-refractivity contribution >= 4 is 75.8 Å². The van der Waals surface area contributed by atoms with Crippen molar-refractivity contribution in [2.24, 2.45) is 23.3 Å². The monoisotopic (exact) mass is 1280 g/mol. The van der Waals surface area contributed by atoms with Gasteiger partial charge in [-0.2, -0.15) is 11.8 Å². The van der Waals surface area contributed by atoms with Crippen molar-refractivity contribution in [2.45, 2.75) is 120 Å². The molecule has 2 fully saturated rings. The molecule has 0 spiro atoms. The molecule has 2 bridgehead atoms. The van der Waals surface area contributed by atoms with Gasteiger partial charge in [-0.1, -0.05) is 128 Å². The second-order valence-corrected chi connectivity index (χ2v) is 26.3. The minimum atomic E-state index is -0.764. The van der Waals surface area contributed by atoms with Crippen LogP contribution < -0.4 is 32.7 Å². The fraction of sp³-hybridized carbons (Fsp3) is 0.431. The molecule has 4 aliphatic rings. The number of unbranched alkanes of at least 4 members (excludes halogenated alkanes) is 1. The molecule has 2 aliphatic carbocycles. The predicted molar refractivity (Wildman–Crippen MR) is 360 cm³/mol. The third-order valence-electron chi connectivity index (χ3n) is 17.2. The van der Waals surface area contributed by atoms with Crippen LogP contribution in [0, 0.1) is 11.8 Å². The maximum atomic E-state index is 14.9. The molecule has 1 aromatic heterocycles. The zero-order chi connectivity index (χ0) is 65.5. The van der Waals surface area contributed by atoms with E-state index in [0.29, 0.717) is 54.9 Å². The van der Waals surface area contributed by atoms with Crippen LogP contribution in [0.15, 0.2) is 146 Å². The molecule has 4 atom stereocenters. The number of aromatic nitrogens is 1. The van der Waals surface area contributed by atoms with Gasteiger partial charge in [-0.05, 0) is 122 Å². The second-order valence-electron chi connectivity index (χ2n) is 25.2. The number of aromatic amines is 1. The van der Waals surface area contributed by atoms with Gasteiger partial charge in [0, 0.05) is 85.7 Å². The van der Waals surface area contributed by atoms with E-state index >= 15 is 0 Å². The number of rotatable bonds is 18. The van der Waals surface area contributed by atoms with Crippen molar-refractivity contribution in [1.29, 1.82) is 0 Å². The summed E-state index contributed by atoms with van der Waals surface area (Å²) in [4.78, 5) is 138. The molecular formula is C72H89N11O9S. The predicted octanol–water partition coefficient (Wildman–Crippen LogP) is 5.86. The Hall–Kier alpha value is -8.82. The summed E-state index contributed by atoms with van der Waals surface area (Å²) in [5.41, 5.74) is 17.3. The normalized spacial score (nSPS) is 20.0. The van der Waals surface area contributed by atoms with E-state index in [2.05, 4.69) is 26.3 Å². The van der Waals surface area contributed by atoms with Gasteiger partial charge in [0.25, 0.3) is 5.91 Å². The molecule has 0 radical (unpaired) electrons. The fourth-order valence-electron chi connectivity index (χ4n) is 12.0. The van der Waals surface area contributed by atoms with E-state index in [-0.39, 0.29) is 113 Å². The summed E-state index contributed by atoms with van der Waals surface area (Å²) in [5.74, 6) is -2.64. The second kappa shape index (κ2) is 34.7. The lowest BCUT2D eigenvalue weighted by molar-refractivity contribution is -0.138. The molecule has 20 nitrogen and oxygen atoms in total. The maximum absolute atomic E-state index is 14.9. The van der Waals surface area contributed by atoms with E-state index in [1.54, 1.807) is 12.1 Å². The average molecular weight is 1280 g/mol. The van der Waals surface area contributed by atoms with Gasteiger partial charge in [0.05, 0.1) is 50.7 Å². The van der Waals surface area contributed by atoms with E-state index in [1.165, 1.54) is 31.4 Å². The number of hydrogen-bond donors (Lipinski definition) is 7. The molecule has 5 aromatic carbocycles. The van der Waals surface area contributed by atoms with E-state index in [4.69, 9.17) is 11.5 Å². The number of carbonyl (C=O) groups is 9. The first-order chi connectivity index (χ1) is 45.1. The van der Waals surface area contributed by atoms with Crippen LogP contribution in [0.25, 0.3) is 10.9 Å². The number of primary amides is 1. The summed E-state index contributed by atoms with van der Waals surface area (Å²) in [6, 6.07) is 40.2. The van der Waals surface area contributed by atoms with Crippen LogP contribution >= 0.6 is 11.8 Å². The molecule has 21 heteroatoms. The third kappa shape index (κ3) is 22.8. The van der Waals surface area contributed by atoms with Crippen molar-refractivity contribution in [1.82, 2.24) is 45.9 Å². The summed E-state index contributed by atoms with van der Waals surface area (Å²) < 4.78 is 0. The maximum Gasteiger partial charge on any atom is 0.251 e. The van der Waals surface area contributed by atoms with Gasteiger partial charge in [0.15, 0.2) is 0 Å². The van der Waals surface area contributed by atoms with Crippen LogP contribution in [0.4, 0.5) is 0 Å². The molecule has 492 valence electrons. The molecule has 3 heterocycles.